The standard InChI is InChI=1S/C12H21NO4/c1-10(14)8-11(13(2)15-3)9-17-12-6-4-5-7-16-12/h8,12H,4-7,9H2,1-3H3/b11-8+. The minimum absolute atomic E-state index is 0.0305. The summed E-state index contributed by atoms with van der Waals surface area (Å²) >= 11 is 0. The third-order valence-corrected chi connectivity index (χ3v) is 2.60. The summed E-state index contributed by atoms with van der Waals surface area (Å²) in [6.07, 6.45) is 4.46. The van der Waals surface area contributed by atoms with Crippen LogP contribution in [0.25, 0.3) is 0 Å². The van der Waals surface area contributed by atoms with Gasteiger partial charge < -0.3 is 9.47 Å². The highest BCUT2D eigenvalue weighted by Gasteiger charge is 2.15. The number of hydrogen-bond acceptors (Lipinski definition) is 5. The van der Waals surface area contributed by atoms with Gasteiger partial charge in [0.1, 0.15) is 0 Å². The van der Waals surface area contributed by atoms with Gasteiger partial charge in [-0.15, -0.1) is 0 Å². The van der Waals surface area contributed by atoms with Crippen LogP contribution in [-0.2, 0) is 19.1 Å². The Morgan fingerprint density at radius 1 is 1.53 bits per heavy atom. The molecule has 1 aliphatic rings. The second kappa shape index (κ2) is 7.42. The average molecular weight is 243 g/mol. The number of ketones is 1. The molecule has 1 rings (SSSR count). The Balaban J connectivity index is 2.45. The van der Waals surface area contributed by atoms with E-state index in [1.54, 1.807) is 14.2 Å². The first kappa shape index (κ1) is 14.2. The molecule has 17 heavy (non-hydrogen) atoms. The highest BCUT2D eigenvalue weighted by molar-refractivity contribution is 5.87. The quantitative estimate of drug-likeness (QED) is 0.522. The van der Waals surface area contributed by atoms with Gasteiger partial charge in [-0.05, 0) is 26.2 Å². The number of allylic oxidation sites excluding steroid dienone is 1. The molecule has 0 aromatic heterocycles. The lowest BCUT2D eigenvalue weighted by Crippen LogP contribution is -2.27. The molecule has 0 saturated carbocycles. The second-order valence-corrected chi connectivity index (χ2v) is 4.03. The molecule has 1 heterocycles. The molecule has 98 valence electrons. The van der Waals surface area contributed by atoms with Crippen molar-refractivity contribution in [3.8, 4) is 0 Å². The zero-order chi connectivity index (χ0) is 12.7. The molecule has 0 bridgehead atoms. The molecule has 5 heteroatoms. The van der Waals surface area contributed by atoms with Crippen molar-refractivity contribution in [3.05, 3.63) is 11.8 Å². The number of likely N-dealkylation sites (N-methyl/N-ethyl adjacent to an activating group) is 1. The molecule has 1 fully saturated rings. The van der Waals surface area contributed by atoms with Crippen molar-refractivity contribution in [2.75, 3.05) is 27.4 Å². The van der Waals surface area contributed by atoms with Gasteiger partial charge in [-0.2, -0.15) is 0 Å². The predicted molar refractivity (Wildman–Crippen MR) is 63.1 cm³/mol. The number of nitrogens with zero attached hydrogens (tertiary/aromatic N) is 1. The molecule has 0 radical (unpaired) electrons. The minimum Gasteiger partial charge on any atom is -0.353 e. The first-order chi connectivity index (χ1) is 8.13. The Hall–Kier alpha value is -0.910. The summed E-state index contributed by atoms with van der Waals surface area (Å²) in [6, 6.07) is 0. The lowest BCUT2D eigenvalue weighted by atomic mass is 10.2. The number of carbonyl (C=O) groups is 1. The van der Waals surface area contributed by atoms with Crippen LogP contribution in [0.3, 0.4) is 0 Å². The lowest BCUT2D eigenvalue weighted by molar-refractivity contribution is -0.168. The van der Waals surface area contributed by atoms with Crippen LogP contribution >= 0.6 is 0 Å². The van der Waals surface area contributed by atoms with Gasteiger partial charge in [-0.1, -0.05) is 0 Å². The van der Waals surface area contributed by atoms with Gasteiger partial charge in [0.05, 0.1) is 19.4 Å². The molecule has 1 atom stereocenters. The van der Waals surface area contributed by atoms with Crippen molar-refractivity contribution >= 4 is 5.78 Å². The van der Waals surface area contributed by atoms with E-state index in [1.807, 2.05) is 0 Å². The monoisotopic (exact) mass is 243 g/mol. The maximum atomic E-state index is 11.1. The fourth-order valence-corrected chi connectivity index (χ4v) is 1.60. The van der Waals surface area contributed by atoms with Gasteiger partial charge in [0, 0.05) is 19.7 Å². The van der Waals surface area contributed by atoms with E-state index in [-0.39, 0.29) is 12.1 Å². The minimum atomic E-state index is -0.163. The normalized spacial score (nSPS) is 21.4. The van der Waals surface area contributed by atoms with Crippen LogP contribution in [-0.4, -0.2) is 44.5 Å². The van der Waals surface area contributed by atoms with E-state index >= 15 is 0 Å². The number of hydroxylamine groups is 2. The SMILES string of the molecule is CON(C)/C(=C/C(C)=O)COC1CCCCO1. The predicted octanol–water partition coefficient (Wildman–Crippen LogP) is 1.50. The molecule has 5 nitrogen and oxygen atoms in total. The van der Waals surface area contributed by atoms with E-state index in [0.29, 0.717) is 12.3 Å². The third kappa shape index (κ3) is 5.30. The van der Waals surface area contributed by atoms with E-state index in [1.165, 1.54) is 18.1 Å². The van der Waals surface area contributed by atoms with Crippen molar-refractivity contribution in [1.82, 2.24) is 5.06 Å². The van der Waals surface area contributed by atoms with Gasteiger partial charge in [0.25, 0.3) is 0 Å². The molecule has 1 saturated heterocycles. The van der Waals surface area contributed by atoms with Crippen LogP contribution in [0.5, 0.6) is 0 Å². The van der Waals surface area contributed by atoms with Crippen molar-refractivity contribution in [3.63, 3.8) is 0 Å². The molecule has 1 unspecified atom stereocenters. The molecular weight excluding hydrogens is 222 g/mol. The van der Waals surface area contributed by atoms with Crippen LogP contribution in [0.2, 0.25) is 0 Å². The fraction of sp³-hybridized carbons (Fsp3) is 0.750. The Kier molecular flexibility index (Phi) is 6.18. The Morgan fingerprint density at radius 2 is 2.29 bits per heavy atom. The number of rotatable bonds is 6. The summed E-state index contributed by atoms with van der Waals surface area (Å²) in [6.45, 7) is 2.56. The maximum Gasteiger partial charge on any atom is 0.158 e. The Labute approximate surface area is 102 Å². The average Bonchev–Trinajstić information content (AvgIpc) is 2.34. The third-order valence-electron chi connectivity index (χ3n) is 2.60. The van der Waals surface area contributed by atoms with Crippen LogP contribution in [0.1, 0.15) is 26.2 Å². The van der Waals surface area contributed by atoms with E-state index in [0.717, 1.165) is 25.9 Å². The zero-order valence-electron chi connectivity index (χ0n) is 10.8. The maximum absolute atomic E-state index is 11.1. The second-order valence-electron chi connectivity index (χ2n) is 4.03. The van der Waals surface area contributed by atoms with Gasteiger partial charge in [0.2, 0.25) is 0 Å². The molecule has 0 spiro atoms. The van der Waals surface area contributed by atoms with Crippen LogP contribution in [0.4, 0.5) is 0 Å². The summed E-state index contributed by atoms with van der Waals surface area (Å²) in [5, 5.41) is 1.52. The van der Waals surface area contributed by atoms with Crippen LogP contribution in [0.15, 0.2) is 11.8 Å². The van der Waals surface area contributed by atoms with Crippen LogP contribution < -0.4 is 0 Å². The van der Waals surface area contributed by atoms with E-state index in [9.17, 15) is 4.79 Å². The van der Waals surface area contributed by atoms with Crippen molar-refractivity contribution < 1.29 is 19.1 Å². The number of hydrogen-bond donors (Lipinski definition) is 0. The summed E-state index contributed by atoms with van der Waals surface area (Å²) < 4.78 is 11.1. The molecule has 0 amide bonds. The summed E-state index contributed by atoms with van der Waals surface area (Å²) in [5.41, 5.74) is 0.689. The zero-order valence-corrected chi connectivity index (χ0v) is 10.8. The van der Waals surface area contributed by atoms with E-state index in [4.69, 9.17) is 14.3 Å². The first-order valence-electron chi connectivity index (χ1n) is 5.85. The Bertz CT molecular complexity index is 272. The van der Waals surface area contributed by atoms with Gasteiger partial charge in [-0.25, -0.2) is 0 Å². The summed E-state index contributed by atoms with van der Waals surface area (Å²) in [5.74, 6) is -0.0305. The molecule has 0 aromatic carbocycles. The van der Waals surface area contributed by atoms with Gasteiger partial charge >= 0.3 is 0 Å². The van der Waals surface area contributed by atoms with Crippen molar-refractivity contribution in [1.29, 1.82) is 0 Å². The van der Waals surface area contributed by atoms with E-state index < -0.39 is 0 Å². The van der Waals surface area contributed by atoms with Gasteiger partial charge in [-0.3, -0.25) is 14.7 Å². The highest BCUT2D eigenvalue weighted by Crippen LogP contribution is 2.15. The van der Waals surface area contributed by atoms with Crippen molar-refractivity contribution in [2.45, 2.75) is 32.5 Å². The number of carbonyl (C=O) groups excluding carboxylic acids is 1. The Morgan fingerprint density at radius 3 is 2.82 bits per heavy atom. The van der Waals surface area contributed by atoms with E-state index in [2.05, 4.69) is 0 Å². The lowest BCUT2D eigenvalue weighted by Gasteiger charge is -2.25. The summed E-state index contributed by atoms with van der Waals surface area (Å²) in [7, 11) is 3.28. The molecule has 0 aliphatic carbocycles. The largest absolute Gasteiger partial charge is 0.353 e. The van der Waals surface area contributed by atoms with Crippen LogP contribution in [0, 0.1) is 0 Å². The molecule has 1 aliphatic heterocycles. The number of ether oxygens (including phenoxy) is 2. The molecule has 0 aromatic rings. The van der Waals surface area contributed by atoms with Gasteiger partial charge in [0.15, 0.2) is 12.1 Å². The fourth-order valence-electron chi connectivity index (χ4n) is 1.60. The highest BCUT2D eigenvalue weighted by atomic mass is 16.7. The smallest absolute Gasteiger partial charge is 0.158 e. The topological polar surface area (TPSA) is 48.0 Å². The summed E-state index contributed by atoms with van der Waals surface area (Å²) in [4.78, 5) is 16.1. The van der Waals surface area contributed by atoms with Crippen molar-refractivity contribution in [2.24, 2.45) is 0 Å². The molecule has 0 N–H and O–H groups in total. The molecular formula is C12H21NO4. The first-order valence-corrected chi connectivity index (χ1v) is 5.85.